The average Bonchev–Trinajstić information content (AvgIpc) is 2.63. The molecule has 0 aromatic heterocycles. The van der Waals surface area contributed by atoms with Crippen molar-refractivity contribution >= 4 is 33.3 Å². The maximum Gasteiger partial charge on any atom is 0.345 e. The van der Waals surface area contributed by atoms with Gasteiger partial charge in [-0.15, -0.1) is 0 Å². The third kappa shape index (κ3) is 4.62. The Kier molecular flexibility index (Phi) is 6.53. The molecule has 0 aliphatic rings. The fourth-order valence-corrected chi connectivity index (χ4v) is 4.01. The molecule has 2 aromatic carbocycles. The van der Waals surface area contributed by atoms with Crippen molar-refractivity contribution in [2.24, 2.45) is 0 Å². The second-order valence-corrected chi connectivity index (χ2v) is 7.72. The summed E-state index contributed by atoms with van der Waals surface area (Å²) in [5, 5.41) is 10.7. The van der Waals surface area contributed by atoms with Gasteiger partial charge < -0.3 is 4.74 Å². The summed E-state index contributed by atoms with van der Waals surface area (Å²) in [7, 11) is -3.77. The Morgan fingerprint density at radius 3 is 2.26 bits per heavy atom. The highest BCUT2D eigenvalue weighted by Gasteiger charge is 2.24. The first-order valence-corrected chi connectivity index (χ1v) is 9.78. The third-order valence-electron chi connectivity index (χ3n) is 3.76. The number of sulfonamides is 1. The zero-order valence-corrected chi connectivity index (χ0v) is 16.2. The van der Waals surface area contributed by atoms with E-state index in [-0.39, 0.29) is 40.0 Å². The van der Waals surface area contributed by atoms with Crippen LogP contribution >= 0.6 is 11.6 Å². The van der Waals surface area contributed by atoms with Gasteiger partial charge in [0.25, 0.3) is 5.69 Å². The number of ether oxygens (including phenoxy) is 1. The van der Waals surface area contributed by atoms with E-state index in [0.717, 1.165) is 6.07 Å². The quantitative estimate of drug-likeness (QED) is 0.298. The Morgan fingerprint density at radius 1 is 1.15 bits per heavy atom. The molecule has 0 aliphatic heterocycles. The molecular weight excluding hydrogens is 396 g/mol. The van der Waals surface area contributed by atoms with Crippen LogP contribution in [0.2, 0.25) is 5.02 Å². The van der Waals surface area contributed by atoms with E-state index in [2.05, 4.69) is 0 Å². The van der Waals surface area contributed by atoms with E-state index in [1.54, 1.807) is 13.8 Å². The predicted octanol–water partition coefficient (Wildman–Crippen LogP) is 3.50. The monoisotopic (exact) mass is 412 g/mol. The number of esters is 1. The van der Waals surface area contributed by atoms with Crippen LogP contribution in [-0.2, 0) is 10.0 Å². The number of nitro benzene ring substituents is 1. The summed E-state index contributed by atoms with van der Waals surface area (Å²) in [4.78, 5) is 22.4. The lowest BCUT2D eigenvalue weighted by Crippen LogP contribution is -2.30. The minimum atomic E-state index is -3.77. The zero-order chi connectivity index (χ0) is 20.2. The van der Waals surface area contributed by atoms with Gasteiger partial charge in [-0.3, -0.25) is 10.1 Å². The molecule has 10 heteroatoms. The van der Waals surface area contributed by atoms with Crippen LogP contribution in [0.3, 0.4) is 0 Å². The molecule has 0 aliphatic carbocycles. The number of rotatable bonds is 7. The third-order valence-corrected chi connectivity index (χ3v) is 6.13. The van der Waals surface area contributed by atoms with Gasteiger partial charge in [0.15, 0.2) is 0 Å². The highest BCUT2D eigenvalue weighted by atomic mass is 35.5. The van der Waals surface area contributed by atoms with Crippen LogP contribution in [0.4, 0.5) is 5.69 Å². The standard InChI is InChI=1S/C17H17ClN2O6S/c1-3-19(4-2)27(24,25)14-9-10-16(18)15(11-14)17(21)26-13-7-5-12(6-8-13)20(22)23/h5-11H,3-4H2,1-2H3. The Bertz CT molecular complexity index is 956. The average molecular weight is 413 g/mol. The Labute approximate surface area is 161 Å². The molecule has 0 amide bonds. The molecule has 0 heterocycles. The molecule has 2 rings (SSSR count). The molecule has 0 atom stereocenters. The highest BCUT2D eigenvalue weighted by molar-refractivity contribution is 7.89. The van der Waals surface area contributed by atoms with Crippen LogP contribution in [0.5, 0.6) is 5.75 Å². The number of nitro groups is 1. The SMILES string of the molecule is CCN(CC)S(=O)(=O)c1ccc(Cl)c(C(=O)Oc2ccc([N+](=O)[O-])cc2)c1. The summed E-state index contributed by atoms with van der Waals surface area (Å²) in [6.07, 6.45) is 0. The number of nitrogens with zero attached hydrogens (tertiary/aromatic N) is 2. The number of benzene rings is 2. The molecule has 27 heavy (non-hydrogen) atoms. The van der Waals surface area contributed by atoms with E-state index in [1.165, 1.54) is 40.7 Å². The van der Waals surface area contributed by atoms with E-state index < -0.39 is 20.9 Å². The van der Waals surface area contributed by atoms with E-state index >= 15 is 0 Å². The molecule has 0 saturated carbocycles. The minimum Gasteiger partial charge on any atom is -0.423 e. The number of hydrogen-bond acceptors (Lipinski definition) is 6. The van der Waals surface area contributed by atoms with Gasteiger partial charge in [-0.1, -0.05) is 25.4 Å². The molecular formula is C17H17ClN2O6S. The first-order valence-electron chi connectivity index (χ1n) is 7.97. The van der Waals surface area contributed by atoms with E-state index in [9.17, 15) is 23.3 Å². The fourth-order valence-electron chi connectivity index (χ4n) is 2.33. The van der Waals surface area contributed by atoms with Crippen molar-refractivity contribution in [3.63, 3.8) is 0 Å². The fraction of sp³-hybridized carbons (Fsp3) is 0.235. The lowest BCUT2D eigenvalue weighted by Gasteiger charge is -2.19. The van der Waals surface area contributed by atoms with Crippen LogP contribution in [0.25, 0.3) is 0 Å². The number of carbonyl (C=O) groups is 1. The first-order chi connectivity index (χ1) is 12.7. The van der Waals surface area contributed by atoms with Gasteiger partial charge in [0.1, 0.15) is 5.75 Å². The van der Waals surface area contributed by atoms with Crippen molar-refractivity contribution in [1.82, 2.24) is 4.31 Å². The first kappa shape index (κ1) is 20.8. The molecule has 0 spiro atoms. The maximum atomic E-state index is 12.6. The van der Waals surface area contributed by atoms with Crippen molar-refractivity contribution in [2.75, 3.05) is 13.1 Å². The van der Waals surface area contributed by atoms with Gasteiger partial charge in [0.2, 0.25) is 10.0 Å². The van der Waals surface area contributed by atoms with Crippen LogP contribution < -0.4 is 4.74 Å². The Morgan fingerprint density at radius 2 is 1.74 bits per heavy atom. The molecule has 0 radical (unpaired) electrons. The summed E-state index contributed by atoms with van der Waals surface area (Å²) >= 11 is 6.02. The van der Waals surface area contributed by atoms with Gasteiger partial charge >= 0.3 is 5.97 Å². The van der Waals surface area contributed by atoms with Crippen molar-refractivity contribution in [2.45, 2.75) is 18.7 Å². The summed E-state index contributed by atoms with van der Waals surface area (Å²) in [6, 6.07) is 8.69. The van der Waals surface area contributed by atoms with Gasteiger partial charge in [-0.2, -0.15) is 4.31 Å². The molecule has 0 fully saturated rings. The van der Waals surface area contributed by atoms with E-state index in [0.29, 0.717) is 0 Å². The highest BCUT2D eigenvalue weighted by Crippen LogP contribution is 2.25. The molecule has 0 saturated heterocycles. The van der Waals surface area contributed by atoms with E-state index in [1.807, 2.05) is 0 Å². The van der Waals surface area contributed by atoms with Gasteiger partial charge in [-0.25, -0.2) is 13.2 Å². The van der Waals surface area contributed by atoms with Gasteiger partial charge in [-0.05, 0) is 30.3 Å². The lowest BCUT2D eigenvalue weighted by atomic mass is 10.2. The summed E-state index contributed by atoms with van der Waals surface area (Å²) in [6.45, 7) is 3.98. The summed E-state index contributed by atoms with van der Waals surface area (Å²) in [5.41, 5.74) is -0.275. The second-order valence-electron chi connectivity index (χ2n) is 5.37. The van der Waals surface area contributed by atoms with Crippen molar-refractivity contribution in [3.05, 3.63) is 63.2 Å². The van der Waals surface area contributed by atoms with Crippen LogP contribution in [0.1, 0.15) is 24.2 Å². The lowest BCUT2D eigenvalue weighted by molar-refractivity contribution is -0.384. The zero-order valence-electron chi connectivity index (χ0n) is 14.6. The Balaban J connectivity index is 2.32. The molecule has 144 valence electrons. The molecule has 0 N–H and O–H groups in total. The summed E-state index contributed by atoms with van der Waals surface area (Å²) < 4.78 is 31.6. The van der Waals surface area contributed by atoms with Crippen molar-refractivity contribution in [3.8, 4) is 5.75 Å². The van der Waals surface area contributed by atoms with Crippen molar-refractivity contribution in [1.29, 1.82) is 0 Å². The molecule has 0 bridgehead atoms. The molecule has 8 nitrogen and oxygen atoms in total. The number of carbonyl (C=O) groups excluding carboxylic acids is 1. The number of non-ortho nitro benzene ring substituents is 1. The van der Waals surface area contributed by atoms with Crippen molar-refractivity contribution < 1.29 is 22.9 Å². The number of hydrogen-bond donors (Lipinski definition) is 0. The van der Waals surface area contributed by atoms with E-state index in [4.69, 9.17) is 16.3 Å². The smallest absolute Gasteiger partial charge is 0.345 e. The van der Waals surface area contributed by atoms with Crippen LogP contribution in [0, 0.1) is 10.1 Å². The maximum absolute atomic E-state index is 12.6. The molecule has 0 unspecified atom stereocenters. The van der Waals surface area contributed by atoms with Crippen LogP contribution in [0.15, 0.2) is 47.4 Å². The summed E-state index contributed by atoms with van der Waals surface area (Å²) in [5.74, 6) is -0.802. The molecule has 2 aromatic rings. The van der Waals surface area contributed by atoms with Crippen LogP contribution in [-0.4, -0.2) is 36.7 Å². The second kappa shape index (κ2) is 8.47. The minimum absolute atomic E-state index is 0.0282. The predicted molar refractivity (Wildman–Crippen MR) is 99.6 cm³/mol. The Hall–Kier alpha value is -2.49. The van der Waals surface area contributed by atoms with Gasteiger partial charge in [0, 0.05) is 25.2 Å². The topological polar surface area (TPSA) is 107 Å². The largest absolute Gasteiger partial charge is 0.423 e. The number of halogens is 1. The normalized spacial score (nSPS) is 11.4. The van der Waals surface area contributed by atoms with Gasteiger partial charge in [0.05, 0.1) is 20.4 Å².